The molecule has 0 unspecified atom stereocenters. The third-order valence-electron chi connectivity index (χ3n) is 5.12. The van der Waals surface area contributed by atoms with Crippen molar-refractivity contribution in [3.8, 4) is 17.1 Å². The fourth-order valence-corrected chi connectivity index (χ4v) is 3.76. The summed E-state index contributed by atoms with van der Waals surface area (Å²) in [5.41, 5.74) is 4.47. The highest BCUT2D eigenvalue weighted by Gasteiger charge is 2.14. The summed E-state index contributed by atoms with van der Waals surface area (Å²) in [6.07, 6.45) is 1.47. The Morgan fingerprint density at radius 1 is 0.906 bits per heavy atom. The molecule has 0 radical (unpaired) electrons. The van der Waals surface area contributed by atoms with Gasteiger partial charge in [0, 0.05) is 18.3 Å². The van der Waals surface area contributed by atoms with E-state index in [1.165, 1.54) is 17.8 Å². The van der Waals surface area contributed by atoms with Gasteiger partial charge in [0.1, 0.15) is 16.7 Å². The summed E-state index contributed by atoms with van der Waals surface area (Å²) in [7, 11) is 0. The molecule has 5 rings (SSSR count). The SMILES string of the molecule is O=C(Oc1ccc(-c2nc3ccccc3n2Cc2ccccc2)cc1)c1ccnc(Cl)c1. The third-order valence-corrected chi connectivity index (χ3v) is 5.33. The van der Waals surface area contributed by atoms with E-state index in [4.69, 9.17) is 21.3 Å². The number of esters is 1. The molecule has 0 amide bonds. The van der Waals surface area contributed by atoms with Crippen molar-refractivity contribution in [3.63, 3.8) is 0 Å². The fraction of sp³-hybridized carbons (Fsp3) is 0.0385. The van der Waals surface area contributed by atoms with Crippen LogP contribution in [0.3, 0.4) is 0 Å². The summed E-state index contributed by atoms with van der Waals surface area (Å²) >= 11 is 5.86. The summed E-state index contributed by atoms with van der Waals surface area (Å²) < 4.78 is 7.68. The van der Waals surface area contributed by atoms with Gasteiger partial charge in [-0.25, -0.2) is 14.8 Å². The van der Waals surface area contributed by atoms with E-state index >= 15 is 0 Å². The van der Waals surface area contributed by atoms with Gasteiger partial charge in [-0.05, 0) is 54.1 Å². The van der Waals surface area contributed by atoms with Crippen LogP contribution >= 0.6 is 11.6 Å². The van der Waals surface area contributed by atoms with Gasteiger partial charge < -0.3 is 9.30 Å². The number of aromatic nitrogens is 3. The number of hydrogen-bond donors (Lipinski definition) is 0. The molecule has 5 nitrogen and oxygen atoms in total. The molecule has 156 valence electrons. The number of nitrogens with zero attached hydrogens (tertiary/aromatic N) is 3. The standard InChI is InChI=1S/C26H18ClN3O2/c27-24-16-20(14-15-28-24)26(31)32-21-12-10-19(11-13-21)25-29-22-8-4-5-9-23(22)30(25)17-18-6-2-1-3-7-18/h1-16H,17H2. The molecule has 2 heterocycles. The zero-order valence-corrected chi connectivity index (χ0v) is 17.7. The number of imidazole rings is 1. The first-order chi connectivity index (χ1) is 15.7. The quantitative estimate of drug-likeness (QED) is 0.191. The second-order valence-corrected chi connectivity index (χ2v) is 7.66. The van der Waals surface area contributed by atoms with E-state index in [-0.39, 0.29) is 5.15 Å². The number of benzene rings is 3. The summed E-state index contributed by atoms with van der Waals surface area (Å²) in [6.45, 7) is 0.705. The first kappa shape index (κ1) is 20.0. The van der Waals surface area contributed by atoms with Crippen LogP contribution in [0.15, 0.2) is 97.2 Å². The Kier molecular flexibility index (Phi) is 5.40. The zero-order chi connectivity index (χ0) is 21.9. The second-order valence-electron chi connectivity index (χ2n) is 7.28. The molecule has 0 aliphatic heterocycles. The molecule has 0 aliphatic carbocycles. The number of fused-ring (bicyclic) bond motifs is 1. The Hall–Kier alpha value is -3.96. The lowest BCUT2D eigenvalue weighted by Gasteiger charge is -2.10. The lowest BCUT2D eigenvalue weighted by molar-refractivity contribution is 0.0734. The third kappa shape index (κ3) is 4.11. The minimum absolute atomic E-state index is 0.243. The summed E-state index contributed by atoms with van der Waals surface area (Å²) in [6, 6.07) is 28.8. The molecule has 0 atom stereocenters. The highest BCUT2D eigenvalue weighted by molar-refractivity contribution is 6.29. The maximum absolute atomic E-state index is 12.4. The minimum atomic E-state index is -0.488. The van der Waals surface area contributed by atoms with Gasteiger partial charge in [-0.3, -0.25) is 0 Å². The Labute approximate surface area is 189 Å². The minimum Gasteiger partial charge on any atom is -0.423 e. The van der Waals surface area contributed by atoms with Gasteiger partial charge in [0.2, 0.25) is 0 Å². The highest BCUT2D eigenvalue weighted by Crippen LogP contribution is 2.27. The first-order valence-electron chi connectivity index (χ1n) is 10.1. The van der Waals surface area contributed by atoms with Crippen molar-refractivity contribution in [1.29, 1.82) is 0 Å². The molecule has 32 heavy (non-hydrogen) atoms. The van der Waals surface area contributed by atoms with Gasteiger partial charge in [-0.15, -0.1) is 0 Å². The second kappa shape index (κ2) is 8.65. The number of pyridine rings is 1. The number of carbonyl (C=O) groups is 1. The van der Waals surface area contributed by atoms with Crippen LogP contribution in [0, 0.1) is 0 Å². The average molecular weight is 440 g/mol. The van der Waals surface area contributed by atoms with Crippen LogP contribution in [0.5, 0.6) is 5.75 Å². The Morgan fingerprint density at radius 3 is 2.44 bits per heavy atom. The number of halogens is 1. The molecular weight excluding hydrogens is 422 g/mol. The average Bonchev–Trinajstić information content (AvgIpc) is 3.18. The lowest BCUT2D eigenvalue weighted by Crippen LogP contribution is -2.08. The predicted octanol–water partition coefficient (Wildman–Crippen LogP) is 6.02. The van der Waals surface area contributed by atoms with E-state index in [9.17, 15) is 4.79 Å². The Bertz CT molecular complexity index is 1400. The van der Waals surface area contributed by atoms with Crippen molar-refractivity contribution >= 4 is 28.6 Å². The Morgan fingerprint density at radius 2 is 1.66 bits per heavy atom. The van der Waals surface area contributed by atoms with E-state index < -0.39 is 5.97 Å². The van der Waals surface area contributed by atoms with Crippen LogP contribution in [-0.2, 0) is 6.54 Å². The van der Waals surface area contributed by atoms with E-state index in [1.807, 2.05) is 48.5 Å². The molecular formula is C26H18ClN3O2. The van der Waals surface area contributed by atoms with Crippen LogP contribution in [-0.4, -0.2) is 20.5 Å². The van der Waals surface area contributed by atoms with Gasteiger partial charge in [-0.2, -0.15) is 0 Å². The number of ether oxygens (including phenoxy) is 1. The number of hydrogen-bond acceptors (Lipinski definition) is 4. The largest absolute Gasteiger partial charge is 0.423 e. The molecule has 5 aromatic rings. The van der Waals surface area contributed by atoms with Crippen LogP contribution in [0.1, 0.15) is 15.9 Å². The van der Waals surface area contributed by atoms with Gasteiger partial charge in [0.25, 0.3) is 0 Å². The van der Waals surface area contributed by atoms with Crippen LogP contribution < -0.4 is 4.74 Å². The number of rotatable bonds is 5. The van der Waals surface area contributed by atoms with E-state index in [0.717, 1.165) is 22.4 Å². The number of para-hydroxylation sites is 2. The van der Waals surface area contributed by atoms with Crippen molar-refractivity contribution in [2.24, 2.45) is 0 Å². The molecule has 0 fully saturated rings. The fourth-order valence-electron chi connectivity index (χ4n) is 3.59. The summed E-state index contributed by atoms with van der Waals surface area (Å²) in [5.74, 6) is 0.810. The Balaban J connectivity index is 1.45. The van der Waals surface area contributed by atoms with Gasteiger partial charge >= 0.3 is 5.97 Å². The molecule has 0 bridgehead atoms. The topological polar surface area (TPSA) is 57.0 Å². The van der Waals surface area contributed by atoms with Crippen LogP contribution in [0.4, 0.5) is 0 Å². The molecule has 2 aromatic heterocycles. The molecule has 0 saturated carbocycles. The van der Waals surface area contributed by atoms with Crippen molar-refractivity contribution in [2.75, 3.05) is 0 Å². The van der Waals surface area contributed by atoms with Gasteiger partial charge in [-0.1, -0.05) is 54.1 Å². The molecule has 0 saturated heterocycles. The van der Waals surface area contributed by atoms with Crippen molar-refractivity contribution in [3.05, 3.63) is 113 Å². The van der Waals surface area contributed by atoms with Crippen molar-refractivity contribution < 1.29 is 9.53 Å². The van der Waals surface area contributed by atoms with Crippen molar-refractivity contribution in [1.82, 2.24) is 14.5 Å². The van der Waals surface area contributed by atoms with Crippen molar-refractivity contribution in [2.45, 2.75) is 6.54 Å². The van der Waals surface area contributed by atoms with E-state index in [1.54, 1.807) is 18.2 Å². The first-order valence-corrected chi connectivity index (χ1v) is 10.5. The maximum atomic E-state index is 12.4. The zero-order valence-electron chi connectivity index (χ0n) is 17.0. The molecule has 6 heteroatoms. The molecule has 3 aromatic carbocycles. The molecule has 0 N–H and O–H groups in total. The maximum Gasteiger partial charge on any atom is 0.343 e. The van der Waals surface area contributed by atoms with E-state index in [2.05, 4.69) is 27.8 Å². The lowest BCUT2D eigenvalue weighted by atomic mass is 10.2. The molecule has 0 spiro atoms. The normalized spacial score (nSPS) is 10.9. The van der Waals surface area contributed by atoms with Gasteiger partial charge in [0.15, 0.2) is 0 Å². The monoisotopic (exact) mass is 439 g/mol. The number of carbonyl (C=O) groups excluding carboxylic acids is 1. The summed E-state index contributed by atoms with van der Waals surface area (Å²) in [5, 5.41) is 0.243. The van der Waals surface area contributed by atoms with Crippen LogP contribution in [0.2, 0.25) is 5.15 Å². The molecule has 0 aliphatic rings. The summed E-state index contributed by atoms with van der Waals surface area (Å²) in [4.78, 5) is 21.1. The van der Waals surface area contributed by atoms with Gasteiger partial charge in [0.05, 0.1) is 16.6 Å². The van der Waals surface area contributed by atoms with E-state index in [0.29, 0.717) is 17.9 Å². The van der Waals surface area contributed by atoms with Crippen LogP contribution in [0.25, 0.3) is 22.4 Å². The highest BCUT2D eigenvalue weighted by atomic mass is 35.5. The smallest absolute Gasteiger partial charge is 0.343 e. The predicted molar refractivity (Wildman–Crippen MR) is 125 cm³/mol.